The van der Waals surface area contributed by atoms with Crippen molar-refractivity contribution in [2.45, 2.75) is 63.7 Å². The van der Waals surface area contributed by atoms with E-state index in [-0.39, 0.29) is 47.1 Å². The van der Waals surface area contributed by atoms with Crippen LogP contribution < -0.4 is 14.8 Å². The molecular formula is C23H27F2N5O7S. The predicted octanol–water partition coefficient (Wildman–Crippen LogP) is 2.36. The summed E-state index contributed by atoms with van der Waals surface area (Å²) in [5.41, 5.74) is -0.264. The fourth-order valence-corrected chi connectivity index (χ4v) is 5.61. The summed E-state index contributed by atoms with van der Waals surface area (Å²) in [5, 5.41) is 7.58. The van der Waals surface area contributed by atoms with Gasteiger partial charge in [0.05, 0.1) is 37.0 Å². The average Bonchev–Trinajstić information content (AvgIpc) is 3.34. The highest BCUT2D eigenvalue weighted by Crippen LogP contribution is 2.39. The largest absolute Gasteiger partial charge is 0.486 e. The third kappa shape index (κ3) is 5.71. The number of rotatable bonds is 7. The first-order valence-corrected chi connectivity index (χ1v) is 13.0. The minimum atomic E-state index is -4.42. The molecule has 2 aromatic heterocycles. The second kappa shape index (κ2) is 9.85. The van der Waals surface area contributed by atoms with E-state index in [0.717, 1.165) is 15.2 Å². The van der Waals surface area contributed by atoms with Crippen molar-refractivity contribution in [3.63, 3.8) is 0 Å². The molecule has 0 unspecified atom stereocenters. The Morgan fingerprint density at radius 3 is 2.55 bits per heavy atom. The number of benzene rings is 1. The maximum absolute atomic E-state index is 13.8. The molecule has 12 nitrogen and oxygen atoms in total. The number of nitrogens with zero attached hydrogens (tertiary/aromatic N) is 5. The standard InChI is InChI=1S/C23H27F2N5O7S/c1-13-18(12-29(26-13)21(24)25)38(33,34)30-11-15(10-19-27-28(5)22(32)36-19)35-17-7-6-14(8-16(17)30)9-20(31)37-23(2,3)4/h6-8,12,15,21H,9-11H2,1-5H3/t15-/m0/s1. The molecule has 3 aromatic rings. The number of carbonyl (C=O) groups is 1. The van der Waals surface area contributed by atoms with Crippen LogP contribution in [-0.2, 0) is 39.4 Å². The van der Waals surface area contributed by atoms with Gasteiger partial charge in [-0.2, -0.15) is 18.6 Å². The number of aryl methyl sites for hydroxylation is 2. The van der Waals surface area contributed by atoms with Crippen LogP contribution in [0.2, 0.25) is 0 Å². The lowest BCUT2D eigenvalue weighted by Crippen LogP contribution is -2.44. The van der Waals surface area contributed by atoms with E-state index in [2.05, 4.69) is 10.2 Å². The summed E-state index contributed by atoms with van der Waals surface area (Å²) in [7, 11) is -3.02. The molecule has 4 rings (SSSR count). The number of halogens is 2. The third-order valence-electron chi connectivity index (χ3n) is 5.50. The molecule has 0 saturated heterocycles. The van der Waals surface area contributed by atoms with Gasteiger partial charge in [-0.3, -0.25) is 9.10 Å². The Morgan fingerprint density at radius 2 is 1.97 bits per heavy atom. The van der Waals surface area contributed by atoms with E-state index in [9.17, 15) is 26.8 Å². The number of hydrogen-bond donors (Lipinski definition) is 0. The van der Waals surface area contributed by atoms with Crippen LogP contribution in [0.25, 0.3) is 0 Å². The van der Waals surface area contributed by atoms with Crippen LogP contribution in [0.1, 0.15) is 44.5 Å². The number of carbonyl (C=O) groups excluding carboxylic acids is 1. The van der Waals surface area contributed by atoms with Gasteiger partial charge in [-0.15, -0.1) is 5.10 Å². The summed E-state index contributed by atoms with van der Waals surface area (Å²) < 4.78 is 72.7. The van der Waals surface area contributed by atoms with Crippen LogP contribution in [0, 0.1) is 6.92 Å². The topological polar surface area (TPSA) is 139 Å². The lowest BCUT2D eigenvalue weighted by Gasteiger charge is -2.35. The smallest absolute Gasteiger partial charge is 0.436 e. The van der Waals surface area contributed by atoms with Gasteiger partial charge in [0.2, 0.25) is 5.89 Å². The highest BCUT2D eigenvalue weighted by molar-refractivity contribution is 7.92. The molecule has 1 aromatic carbocycles. The highest BCUT2D eigenvalue weighted by atomic mass is 32.2. The first-order valence-electron chi connectivity index (χ1n) is 11.5. The molecule has 0 saturated carbocycles. The van der Waals surface area contributed by atoms with Crippen molar-refractivity contribution in [2.75, 3.05) is 10.8 Å². The molecule has 15 heteroatoms. The summed E-state index contributed by atoms with van der Waals surface area (Å²) in [5.74, 6) is -1.01. The maximum Gasteiger partial charge on any atom is 0.436 e. The van der Waals surface area contributed by atoms with Crippen molar-refractivity contribution in [2.24, 2.45) is 7.05 Å². The first kappa shape index (κ1) is 27.3. The van der Waals surface area contributed by atoms with Crippen molar-refractivity contribution >= 4 is 21.7 Å². The van der Waals surface area contributed by atoms with Crippen molar-refractivity contribution in [3.8, 4) is 5.75 Å². The summed E-state index contributed by atoms with van der Waals surface area (Å²) in [4.78, 5) is 23.6. The number of anilines is 1. The molecule has 0 radical (unpaired) electrons. The van der Waals surface area contributed by atoms with Crippen molar-refractivity contribution in [1.29, 1.82) is 0 Å². The van der Waals surface area contributed by atoms with E-state index >= 15 is 0 Å². The molecule has 0 aliphatic carbocycles. The van der Waals surface area contributed by atoms with E-state index in [0.29, 0.717) is 5.56 Å². The monoisotopic (exact) mass is 555 g/mol. The number of alkyl halides is 2. The van der Waals surface area contributed by atoms with Gasteiger partial charge >= 0.3 is 18.3 Å². The van der Waals surface area contributed by atoms with Gasteiger partial charge in [-0.05, 0) is 45.4 Å². The minimum Gasteiger partial charge on any atom is -0.486 e. The maximum atomic E-state index is 13.8. The van der Waals surface area contributed by atoms with Crippen molar-refractivity contribution < 1.29 is 35.9 Å². The van der Waals surface area contributed by atoms with E-state index in [4.69, 9.17) is 13.9 Å². The summed E-state index contributed by atoms with van der Waals surface area (Å²) >= 11 is 0. The molecule has 38 heavy (non-hydrogen) atoms. The Morgan fingerprint density at radius 1 is 1.26 bits per heavy atom. The van der Waals surface area contributed by atoms with E-state index in [1.54, 1.807) is 26.8 Å². The molecule has 1 atom stereocenters. The Kier molecular flexibility index (Phi) is 7.07. The summed E-state index contributed by atoms with van der Waals surface area (Å²) in [6.45, 7) is 3.20. The second-order valence-electron chi connectivity index (χ2n) is 9.77. The van der Waals surface area contributed by atoms with E-state index in [1.165, 1.54) is 26.1 Å². The molecule has 206 valence electrons. The SMILES string of the molecule is Cc1nn(C(F)F)cc1S(=O)(=O)N1C[C@H](Cc2nn(C)c(=O)o2)Oc2ccc(CC(=O)OC(C)(C)C)cc21. The van der Waals surface area contributed by atoms with Gasteiger partial charge in [-0.25, -0.2) is 17.9 Å². The number of aromatic nitrogens is 4. The van der Waals surface area contributed by atoms with Crippen LogP contribution in [0.4, 0.5) is 14.5 Å². The second-order valence-corrected chi connectivity index (χ2v) is 11.6. The van der Waals surface area contributed by atoms with Gasteiger partial charge < -0.3 is 13.9 Å². The van der Waals surface area contributed by atoms with Crippen molar-refractivity contribution in [1.82, 2.24) is 19.6 Å². The first-order chi connectivity index (χ1) is 17.6. The molecule has 1 aliphatic heterocycles. The fourth-order valence-electron chi connectivity index (χ4n) is 3.96. The predicted molar refractivity (Wildman–Crippen MR) is 129 cm³/mol. The molecule has 3 heterocycles. The zero-order valence-corrected chi connectivity index (χ0v) is 22.2. The number of hydrogen-bond acceptors (Lipinski definition) is 9. The lowest BCUT2D eigenvalue weighted by atomic mass is 10.1. The average molecular weight is 556 g/mol. The summed E-state index contributed by atoms with van der Waals surface area (Å²) in [6.07, 6.45) is -0.251. The number of ether oxygens (including phenoxy) is 2. The van der Waals surface area contributed by atoms with Crippen LogP contribution in [-0.4, -0.2) is 52.2 Å². The Bertz CT molecular complexity index is 1520. The van der Waals surface area contributed by atoms with Crippen molar-refractivity contribution in [3.05, 3.63) is 52.1 Å². The zero-order chi connectivity index (χ0) is 28.0. The van der Waals surface area contributed by atoms with Gasteiger partial charge in [0.15, 0.2) is 0 Å². The van der Waals surface area contributed by atoms with Gasteiger partial charge in [-0.1, -0.05) is 6.07 Å². The molecular weight excluding hydrogens is 528 g/mol. The van der Waals surface area contributed by atoms with Gasteiger partial charge in [0, 0.05) is 7.05 Å². The fraction of sp³-hybridized carbons (Fsp3) is 0.478. The zero-order valence-electron chi connectivity index (χ0n) is 21.3. The Hall–Kier alpha value is -3.75. The normalized spacial score (nSPS) is 15.9. The quantitative estimate of drug-likeness (QED) is 0.402. The molecule has 1 aliphatic rings. The highest BCUT2D eigenvalue weighted by Gasteiger charge is 2.38. The van der Waals surface area contributed by atoms with E-state index in [1.807, 2.05) is 0 Å². The lowest BCUT2D eigenvalue weighted by molar-refractivity contribution is -0.153. The van der Waals surface area contributed by atoms with Crippen LogP contribution >= 0.6 is 0 Å². The number of fused-ring (bicyclic) bond motifs is 1. The third-order valence-corrected chi connectivity index (χ3v) is 7.38. The van der Waals surface area contributed by atoms with Crippen LogP contribution in [0.3, 0.4) is 0 Å². The molecule has 0 amide bonds. The van der Waals surface area contributed by atoms with Gasteiger partial charge in [0.25, 0.3) is 10.0 Å². The number of sulfonamides is 1. The molecule has 0 N–H and O–H groups in total. The Balaban J connectivity index is 1.73. The Labute approximate surface area is 216 Å². The molecule has 0 spiro atoms. The summed E-state index contributed by atoms with van der Waals surface area (Å²) in [6, 6.07) is 4.57. The minimum absolute atomic E-state index is 0.0338. The van der Waals surface area contributed by atoms with Crippen LogP contribution in [0.5, 0.6) is 5.75 Å². The van der Waals surface area contributed by atoms with Crippen LogP contribution in [0.15, 0.2) is 38.5 Å². The molecule has 0 fully saturated rings. The number of esters is 1. The molecule has 0 bridgehead atoms. The van der Waals surface area contributed by atoms with Gasteiger partial charge in [0.1, 0.15) is 22.4 Å². The van der Waals surface area contributed by atoms with E-state index < -0.39 is 44.9 Å².